The molecular formula is C25H23F4NO4S. The molecule has 1 atom stereocenters. The molecule has 0 radical (unpaired) electrons. The lowest BCUT2D eigenvalue weighted by Crippen LogP contribution is -2.26. The zero-order chi connectivity index (χ0) is 25.6. The van der Waals surface area contributed by atoms with Crippen molar-refractivity contribution in [3.8, 4) is 5.75 Å². The van der Waals surface area contributed by atoms with Gasteiger partial charge in [-0.3, -0.25) is 4.79 Å². The highest BCUT2D eigenvalue weighted by molar-refractivity contribution is 7.90. The van der Waals surface area contributed by atoms with Gasteiger partial charge in [0, 0.05) is 24.3 Å². The molecule has 35 heavy (non-hydrogen) atoms. The zero-order valence-electron chi connectivity index (χ0n) is 18.7. The van der Waals surface area contributed by atoms with Crippen LogP contribution in [0.1, 0.15) is 33.8 Å². The van der Waals surface area contributed by atoms with E-state index in [4.69, 9.17) is 0 Å². The average Bonchev–Trinajstić information content (AvgIpc) is 2.80. The maximum atomic E-state index is 13.4. The molecule has 10 heteroatoms. The molecular weight excluding hydrogens is 486 g/mol. The van der Waals surface area contributed by atoms with Gasteiger partial charge in [-0.05, 0) is 66.1 Å². The van der Waals surface area contributed by atoms with Gasteiger partial charge in [0.05, 0.1) is 4.90 Å². The minimum Gasteiger partial charge on any atom is -0.484 e. The van der Waals surface area contributed by atoms with Gasteiger partial charge >= 0.3 is 6.18 Å². The van der Waals surface area contributed by atoms with Gasteiger partial charge in [0.1, 0.15) is 11.6 Å². The average molecular weight is 510 g/mol. The number of carbonyl (C=O) groups is 1. The molecule has 1 N–H and O–H groups in total. The highest BCUT2D eigenvalue weighted by Crippen LogP contribution is 2.29. The Kier molecular flexibility index (Phi) is 8.16. The van der Waals surface area contributed by atoms with Crippen molar-refractivity contribution in [2.75, 3.05) is 19.4 Å². The molecule has 1 unspecified atom stereocenters. The van der Waals surface area contributed by atoms with E-state index in [1.165, 1.54) is 48.5 Å². The molecule has 0 saturated carbocycles. The minimum atomic E-state index is -4.46. The van der Waals surface area contributed by atoms with Crippen molar-refractivity contribution in [3.63, 3.8) is 0 Å². The fraction of sp³-hybridized carbons (Fsp3) is 0.240. The molecule has 5 nitrogen and oxygen atoms in total. The SMILES string of the molecule is CS(=O)(=O)c1ccc(C(CCNC(=O)c2ccc(OCC(F)(F)F)cc2)c2ccc(F)cc2)cc1. The summed E-state index contributed by atoms with van der Waals surface area (Å²) in [4.78, 5) is 12.7. The molecule has 0 bridgehead atoms. The third-order valence-electron chi connectivity index (χ3n) is 5.22. The van der Waals surface area contributed by atoms with Gasteiger partial charge in [-0.1, -0.05) is 24.3 Å². The number of nitrogens with one attached hydrogen (secondary N) is 1. The summed E-state index contributed by atoms with van der Waals surface area (Å²) in [6.45, 7) is -1.19. The number of ether oxygens (including phenoxy) is 1. The van der Waals surface area contributed by atoms with Gasteiger partial charge in [-0.15, -0.1) is 0 Å². The van der Waals surface area contributed by atoms with Crippen LogP contribution in [-0.2, 0) is 9.84 Å². The summed E-state index contributed by atoms with van der Waals surface area (Å²) in [7, 11) is -3.36. The number of rotatable bonds is 9. The van der Waals surface area contributed by atoms with Crippen molar-refractivity contribution < 1.29 is 35.5 Å². The van der Waals surface area contributed by atoms with Gasteiger partial charge in [0.2, 0.25) is 0 Å². The minimum absolute atomic E-state index is 0.00668. The lowest BCUT2D eigenvalue weighted by Gasteiger charge is -2.19. The normalized spacial score (nSPS) is 12.7. The molecule has 0 saturated heterocycles. The summed E-state index contributed by atoms with van der Waals surface area (Å²) in [5.74, 6) is -1.07. The van der Waals surface area contributed by atoms with Crippen molar-refractivity contribution in [2.24, 2.45) is 0 Å². The van der Waals surface area contributed by atoms with Crippen molar-refractivity contribution in [3.05, 3.63) is 95.3 Å². The van der Waals surface area contributed by atoms with Gasteiger partial charge in [-0.25, -0.2) is 12.8 Å². The molecule has 0 aromatic heterocycles. The highest BCUT2D eigenvalue weighted by atomic mass is 32.2. The zero-order valence-corrected chi connectivity index (χ0v) is 19.5. The first-order valence-electron chi connectivity index (χ1n) is 10.6. The summed E-state index contributed by atoms with van der Waals surface area (Å²) < 4.78 is 78.3. The fourth-order valence-electron chi connectivity index (χ4n) is 3.47. The standard InChI is InChI=1S/C25H23F4NO4S/c1-35(32,33)22-12-6-18(7-13-22)23(17-2-8-20(26)9-3-17)14-15-30-24(31)19-4-10-21(11-5-19)34-16-25(27,28)29/h2-13,23H,14-16H2,1H3,(H,30,31). The van der Waals surface area contributed by atoms with Crippen LogP contribution in [0.15, 0.2) is 77.7 Å². The van der Waals surface area contributed by atoms with Gasteiger partial charge < -0.3 is 10.1 Å². The smallest absolute Gasteiger partial charge is 0.422 e. The Labute approximate surface area is 200 Å². The van der Waals surface area contributed by atoms with E-state index in [9.17, 15) is 30.8 Å². The number of amides is 1. The van der Waals surface area contributed by atoms with E-state index in [0.717, 1.165) is 17.4 Å². The predicted octanol–water partition coefficient (Wildman–Crippen LogP) is 5.12. The second-order valence-corrected chi connectivity index (χ2v) is 9.93. The van der Waals surface area contributed by atoms with Gasteiger partial charge in [0.25, 0.3) is 5.91 Å². The van der Waals surface area contributed by atoms with Crippen LogP contribution in [0.2, 0.25) is 0 Å². The number of benzene rings is 3. The molecule has 0 spiro atoms. The van der Waals surface area contributed by atoms with Crippen LogP contribution in [0.25, 0.3) is 0 Å². The first-order chi connectivity index (χ1) is 16.4. The largest absolute Gasteiger partial charge is 0.484 e. The number of halogens is 4. The van der Waals surface area contributed by atoms with Crippen LogP contribution in [0.5, 0.6) is 5.75 Å². The molecule has 3 rings (SSSR count). The monoisotopic (exact) mass is 509 g/mol. The number of hydrogen-bond acceptors (Lipinski definition) is 4. The first kappa shape index (κ1) is 26.2. The lowest BCUT2D eigenvalue weighted by molar-refractivity contribution is -0.153. The number of alkyl halides is 3. The molecule has 3 aromatic rings. The topological polar surface area (TPSA) is 72.5 Å². The van der Waals surface area contributed by atoms with E-state index in [2.05, 4.69) is 10.1 Å². The van der Waals surface area contributed by atoms with Crippen LogP contribution in [0, 0.1) is 5.82 Å². The second-order valence-electron chi connectivity index (χ2n) is 7.92. The third kappa shape index (κ3) is 7.81. The summed E-state index contributed by atoms with van der Waals surface area (Å²) >= 11 is 0. The van der Waals surface area contributed by atoms with E-state index >= 15 is 0 Å². The Morgan fingerprint density at radius 1 is 0.914 bits per heavy atom. The quantitative estimate of drug-likeness (QED) is 0.407. The van der Waals surface area contributed by atoms with E-state index in [0.29, 0.717) is 6.42 Å². The number of hydrogen-bond donors (Lipinski definition) is 1. The van der Waals surface area contributed by atoms with Crippen molar-refractivity contribution in [1.29, 1.82) is 0 Å². The maximum absolute atomic E-state index is 13.4. The summed E-state index contributed by atoms with van der Waals surface area (Å²) in [5, 5.41) is 2.76. The molecule has 186 valence electrons. The second kappa shape index (κ2) is 10.9. The third-order valence-corrected chi connectivity index (χ3v) is 6.35. The van der Waals surface area contributed by atoms with Crippen LogP contribution in [0.3, 0.4) is 0 Å². The van der Waals surface area contributed by atoms with Crippen molar-refractivity contribution in [1.82, 2.24) is 5.32 Å². The molecule has 0 aliphatic rings. The Morgan fingerprint density at radius 2 is 1.46 bits per heavy atom. The van der Waals surface area contributed by atoms with Gasteiger partial charge in [-0.2, -0.15) is 13.2 Å². The maximum Gasteiger partial charge on any atom is 0.422 e. The summed E-state index contributed by atoms with van der Waals surface area (Å²) in [6.07, 6.45) is -2.91. The highest BCUT2D eigenvalue weighted by Gasteiger charge is 2.28. The molecule has 0 aliphatic heterocycles. The van der Waals surface area contributed by atoms with E-state index < -0.39 is 34.3 Å². The Morgan fingerprint density at radius 3 is 1.97 bits per heavy atom. The number of carbonyl (C=O) groups excluding carboxylic acids is 1. The van der Waals surface area contributed by atoms with Crippen LogP contribution >= 0.6 is 0 Å². The van der Waals surface area contributed by atoms with Crippen molar-refractivity contribution in [2.45, 2.75) is 23.4 Å². The molecule has 1 amide bonds. The van der Waals surface area contributed by atoms with Crippen LogP contribution in [-0.4, -0.2) is 39.9 Å². The Hall–Kier alpha value is -3.40. The Bertz CT molecular complexity index is 1240. The van der Waals surface area contributed by atoms with Crippen LogP contribution in [0.4, 0.5) is 17.6 Å². The summed E-state index contributed by atoms with van der Waals surface area (Å²) in [6, 6.07) is 17.6. The fourth-order valence-corrected chi connectivity index (χ4v) is 4.10. The molecule has 0 aliphatic carbocycles. The predicted molar refractivity (Wildman–Crippen MR) is 123 cm³/mol. The van der Waals surface area contributed by atoms with Crippen molar-refractivity contribution >= 4 is 15.7 Å². The van der Waals surface area contributed by atoms with E-state index in [1.807, 2.05) is 0 Å². The van der Waals surface area contributed by atoms with E-state index in [-0.39, 0.29) is 28.7 Å². The molecule has 0 fully saturated rings. The molecule has 3 aromatic carbocycles. The van der Waals surface area contributed by atoms with Gasteiger partial charge in [0.15, 0.2) is 16.4 Å². The lowest BCUT2D eigenvalue weighted by atomic mass is 9.88. The summed E-state index contributed by atoms with van der Waals surface area (Å²) in [5.41, 5.74) is 1.84. The van der Waals surface area contributed by atoms with Crippen LogP contribution < -0.4 is 10.1 Å². The first-order valence-corrected chi connectivity index (χ1v) is 12.4. The van der Waals surface area contributed by atoms with E-state index in [1.54, 1.807) is 24.3 Å². The molecule has 0 heterocycles. The Balaban J connectivity index is 1.67. The number of sulfone groups is 1.